The lowest BCUT2D eigenvalue weighted by Gasteiger charge is -2.32. The van der Waals surface area contributed by atoms with Crippen LogP contribution in [0.4, 0.5) is 10.8 Å². The van der Waals surface area contributed by atoms with Gasteiger partial charge in [0.2, 0.25) is 15.9 Å². The van der Waals surface area contributed by atoms with E-state index in [9.17, 15) is 13.2 Å². The zero-order valence-electron chi connectivity index (χ0n) is 19.2. The number of anilines is 2. The third kappa shape index (κ3) is 4.81. The van der Waals surface area contributed by atoms with Crippen LogP contribution in [0.25, 0.3) is 10.2 Å². The number of amides is 1. The summed E-state index contributed by atoms with van der Waals surface area (Å²) in [5, 5.41) is 4.02. The Morgan fingerprint density at radius 1 is 1.06 bits per heavy atom. The zero-order chi connectivity index (χ0) is 23.7. The normalized spacial score (nSPS) is 20.5. The van der Waals surface area contributed by atoms with Gasteiger partial charge in [0.25, 0.3) is 0 Å². The molecule has 0 saturated carbocycles. The number of carbonyl (C=O) groups is 1. The van der Waals surface area contributed by atoms with Crippen molar-refractivity contribution in [2.24, 2.45) is 5.92 Å². The number of rotatable bonds is 5. The molecule has 1 N–H and O–H groups in total. The van der Waals surface area contributed by atoms with Crippen LogP contribution in [0, 0.1) is 5.92 Å². The van der Waals surface area contributed by atoms with E-state index in [1.54, 1.807) is 41.7 Å². The minimum absolute atomic E-state index is 0.142. The molecule has 0 radical (unpaired) electrons. The standard InChI is InChI=1S/C24H29N5O3S2/c1-27-12-14-28(15-13-27)24-26-21-10-9-19(16-22(21)33-24)25-23(30)18-6-5-11-29(17-18)34(31,32)20-7-3-2-4-8-20/h2-4,7-10,16,18H,5-6,11-15,17H2,1H3,(H,25,30)/t18-/m0/s1. The summed E-state index contributed by atoms with van der Waals surface area (Å²) in [6, 6.07) is 14.2. The molecule has 10 heteroatoms. The monoisotopic (exact) mass is 499 g/mol. The molecule has 2 saturated heterocycles. The number of aromatic nitrogens is 1. The largest absolute Gasteiger partial charge is 0.345 e. The highest BCUT2D eigenvalue weighted by molar-refractivity contribution is 7.89. The molecule has 3 aromatic rings. The maximum absolute atomic E-state index is 13.0. The average Bonchev–Trinajstić information content (AvgIpc) is 3.28. The molecule has 1 aromatic heterocycles. The third-order valence-electron chi connectivity index (χ3n) is 6.55. The van der Waals surface area contributed by atoms with Gasteiger partial charge < -0.3 is 15.1 Å². The molecule has 2 aliphatic rings. The Morgan fingerprint density at radius 2 is 1.82 bits per heavy atom. The molecule has 2 aliphatic heterocycles. The Balaban J connectivity index is 1.26. The molecule has 0 spiro atoms. The highest BCUT2D eigenvalue weighted by atomic mass is 32.2. The first-order valence-corrected chi connectivity index (χ1v) is 13.9. The molecule has 0 aliphatic carbocycles. The van der Waals surface area contributed by atoms with Gasteiger partial charge in [0.15, 0.2) is 5.13 Å². The van der Waals surface area contributed by atoms with Gasteiger partial charge in [-0.1, -0.05) is 29.5 Å². The topological polar surface area (TPSA) is 85.8 Å². The van der Waals surface area contributed by atoms with Crippen LogP contribution >= 0.6 is 11.3 Å². The highest BCUT2D eigenvalue weighted by Crippen LogP contribution is 2.32. The Kier molecular flexibility index (Phi) is 6.57. The van der Waals surface area contributed by atoms with Gasteiger partial charge in [-0.15, -0.1) is 0 Å². The van der Waals surface area contributed by atoms with E-state index in [0.29, 0.717) is 25.1 Å². The van der Waals surface area contributed by atoms with Crippen LogP contribution < -0.4 is 10.2 Å². The van der Waals surface area contributed by atoms with E-state index in [0.717, 1.165) is 41.5 Å². The Morgan fingerprint density at radius 3 is 2.59 bits per heavy atom. The minimum Gasteiger partial charge on any atom is -0.345 e. The van der Waals surface area contributed by atoms with E-state index >= 15 is 0 Å². The predicted molar refractivity (Wildman–Crippen MR) is 136 cm³/mol. The number of nitrogens with zero attached hydrogens (tertiary/aromatic N) is 4. The number of hydrogen-bond acceptors (Lipinski definition) is 7. The fourth-order valence-corrected chi connectivity index (χ4v) is 7.09. The molecular weight excluding hydrogens is 470 g/mol. The van der Waals surface area contributed by atoms with Crippen molar-refractivity contribution in [1.29, 1.82) is 0 Å². The molecule has 8 nitrogen and oxygen atoms in total. The lowest BCUT2D eigenvalue weighted by Crippen LogP contribution is -2.44. The highest BCUT2D eigenvalue weighted by Gasteiger charge is 2.33. The van der Waals surface area contributed by atoms with E-state index in [1.165, 1.54) is 4.31 Å². The molecule has 0 bridgehead atoms. The summed E-state index contributed by atoms with van der Waals surface area (Å²) in [5.74, 6) is -0.526. The summed E-state index contributed by atoms with van der Waals surface area (Å²) in [4.78, 5) is 22.7. The van der Waals surface area contributed by atoms with Crippen molar-refractivity contribution < 1.29 is 13.2 Å². The van der Waals surface area contributed by atoms with Crippen molar-refractivity contribution >= 4 is 48.3 Å². The number of sulfonamides is 1. The van der Waals surface area contributed by atoms with Crippen molar-refractivity contribution in [1.82, 2.24) is 14.2 Å². The van der Waals surface area contributed by atoms with Gasteiger partial charge in [-0.2, -0.15) is 4.31 Å². The Bertz CT molecular complexity index is 1270. The lowest BCUT2D eigenvalue weighted by molar-refractivity contribution is -0.120. The SMILES string of the molecule is CN1CCN(c2nc3ccc(NC(=O)[C@H]4CCCN(S(=O)(=O)c5ccccc5)C4)cc3s2)CC1. The number of benzene rings is 2. The number of fused-ring (bicyclic) bond motifs is 1. The third-order valence-corrected chi connectivity index (χ3v) is 9.51. The Labute approximate surface area is 204 Å². The van der Waals surface area contributed by atoms with Gasteiger partial charge in [0, 0.05) is 45.0 Å². The lowest BCUT2D eigenvalue weighted by atomic mass is 9.98. The maximum atomic E-state index is 13.0. The summed E-state index contributed by atoms with van der Waals surface area (Å²) < 4.78 is 28.5. The second kappa shape index (κ2) is 9.61. The van der Waals surface area contributed by atoms with E-state index in [1.807, 2.05) is 18.2 Å². The molecule has 5 rings (SSSR count). The van der Waals surface area contributed by atoms with E-state index in [4.69, 9.17) is 4.98 Å². The molecule has 180 valence electrons. The number of nitrogens with one attached hydrogen (secondary N) is 1. The quantitative estimate of drug-likeness (QED) is 0.581. The molecule has 34 heavy (non-hydrogen) atoms. The van der Waals surface area contributed by atoms with Crippen LogP contribution in [0.5, 0.6) is 0 Å². The smallest absolute Gasteiger partial charge is 0.243 e. The number of thiazole rings is 1. The molecular formula is C24H29N5O3S2. The molecule has 1 atom stereocenters. The predicted octanol–water partition coefficient (Wildman–Crippen LogP) is 3.09. The van der Waals surface area contributed by atoms with E-state index < -0.39 is 10.0 Å². The van der Waals surface area contributed by atoms with Crippen molar-refractivity contribution in [2.45, 2.75) is 17.7 Å². The van der Waals surface area contributed by atoms with Gasteiger partial charge in [0.1, 0.15) is 0 Å². The molecule has 2 fully saturated rings. The van der Waals surface area contributed by atoms with Crippen LogP contribution in [-0.4, -0.2) is 74.8 Å². The summed E-state index contributed by atoms with van der Waals surface area (Å²) in [5.41, 5.74) is 1.64. The number of carbonyl (C=O) groups excluding carboxylic acids is 1. The molecule has 0 unspecified atom stereocenters. The molecule has 3 heterocycles. The Hall–Kier alpha value is -2.53. The molecule has 1 amide bonds. The zero-order valence-corrected chi connectivity index (χ0v) is 20.8. The second-order valence-electron chi connectivity index (χ2n) is 8.97. The summed E-state index contributed by atoms with van der Waals surface area (Å²) in [6.45, 7) is 4.60. The number of likely N-dealkylation sites (N-methyl/N-ethyl adjacent to an activating group) is 1. The van der Waals surface area contributed by atoms with Crippen LogP contribution in [0.2, 0.25) is 0 Å². The number of hydrogen-bond donors (Lipinski definition) is 1. The fourth-order valence-electron chi connectivity index (χ4n) is 4.48. The fraction of sp³-hybridized carbons (Fsp3) is 0.417. The van der Waals surface area contributed by atoms with Gasteiger partial charge in [-0.05, 0) is 50.2 Å². The molecule has 2 aromatic carbocycles. The van der Waals surface area contributed by atoms with Gasteiger partial charge in [-0.3, -0.25) is 4.79 Å². The van der Waals surface area contributed by atoms with Gasteiger partial charge >= 0.3 is 0 Å². The first-order chi connectivity index (χ1) is 16.4. The first kappa shape index (κ1) is 23.2. The van der Waals surface area contributed by atoms with Crippen molar-refractivity contribution in [3.05, 3.63) is 48.5 Å². The average molecular weight is 500 g/mol. The summed E-state index contributed by atoms with van der Waals surface area (Å²) >= 11 is 1.64. The van der Waals surface area contributed by atoms with E-state index in [2.05, 4.69) is 22.2 Å². The second-order valence-corrected chi connectivity index (χ2v) is 11.9. The van der Waals surface area contributed by atoms with Crippen LogP contribution in [-0.2, 0) is 14.8 Å². The number of piperidine rings is 1. The van der Waals surface area contributed by atoms with E-state index in [-0.39, 0.29) is 23.3 Å². The van der Waals surface area contributed by atoms with Gasteiger partial charge in [0.05, 0.1) is 21.0 Å². The first-order valence-electron chi connectivity index (χ1n) is 11.6. The van der Waals surface area contributed by atoms with Crippen LogP contribution in [0.3, 0.4) is 0 Å². The number of piperazine rings is 1. The van der Waals surface area contributed by atoms with Crippen LogP contribution in [0.1, 0.15) is 12.8 Å². The van der Waals surface area contributed by atoms with Crippen molar-refractivity contribution in [3.8, 4) is 0 Å². The van der Waals surface area contributed by atoms with Crippen molar-refractivity contribution in [3.63, 3.8) is 0 Å². The van der Waals surface area contributed by atoms with Crippen molar-refractivity contribution in [2.75, 3.05) is 56.5 Å². The minimum atomic E-state index is -3.60. The van der Waals surface area contributed by atoms with Crippen LogP contribution in [0.15, 0.2) is 53.4 Å². The maximum Gasteiger partial charge on any atom is 0.243 e. The summed E-state index contributed by atoms with van der Waals surface area (Å²) in [7, 11) is -1.47. The summed E-state index contributed by atoms with van der Waals surface area (Å²) in [6.07, 6.45) is 1.33. The van der Waals surface area contributed by atoms with Gasteiger partial charge in [-0.25, -0.2) is 13.4 Å².